The van der Waals surface area contributed by atoms with Crippen molar-refractivity contribution in [2.75, 3.05) is 0 Å². The van der Waals surface area contributed by atoms with E-state index in [1.807, 2.05) is 6.07 Å². The monoisotopic (exact) mass is 240 g/mol. The molecule has 0 aliphatic heterocycles. The van der Waals surface area contributed by atoms with Crippen LogP contribution in [0.25, 0.3) is 0 Å². The van der Waals surface area contributed by atoms with Gasteiger partial charge in [0.25, 0.3) is 0 Å². The highest BCUT2D eigenvalue weighted by Gasteiger charge is 2.08. The van der Waals surface area contributed by atoms with Crippen LogP contribution in [0.15, 0.2) is 30.3 Å². The van der Waals surface area contributed by atoms with E-state index in [0.29, 0.717) is 5.75 Å². The highest BCUT2D eigenvalue weighted by molar-refractivity contribution is 5.46. The van der Waals surface area contributed by atoms with Crippen molar-refractivity contribution in [1.82, 2.24) is 0 Å². The number of rotatable bonds is 2. The lowest BCUT2D eigenvalue weighted by molar-refractivity contribution is 0.468. The van der Waals surface area contributed by atoms with E-state index in [0.717, 1.165) is 12.0 Å². The van der Waals surface area contributed by atoms with Crippen molar-refractivity contribution >= 4 is 0 Å². The van der Waals surface area contributed by atoms with Crippen molar-refractivity contribution in [3.63, 3.8) is 0 Å². The number of phenolic OH excluding ortho intramolecular Hbond substituents is 1. The van der Waals surface area contributed by atoms with Gasteiger partial charge in [-0.3, -0.25) is 0 Å². The number of aryl methyl sites for hydroxylation is 3. The molecule has 0 bridgehead atoms. The molecule has 2 aromatic carbocycles. The molecule has 1 N–H and O–H groups in total. The maximum Gasteiger partial charge on any atom is 0.119 e. The highest BCUT2D eigenvalue weighted by atomic mass is 16.3. The van der Waals surface area contributed by atoms with Crippen LogP contribution in [0.5, 0.6) is 5.75 Å². The van der Waals surface area contributed by atoms with E-state index >= 15 is 0 Å². The first-order valence-electron chi connectivity index (χ1n) is 6.33. The third kappa shape index (κ3) is 2.40. The molecular formula is C17H20O. The van der Waals surface area contributed by atoms with Crippen LogP contribution in [0.4, 0.5) is 0 Å². The van der Waals surface area contributed by atoms with E-state index in [-0.39, 0.29) is 0 Å². The van der Waals surface area contributed by atoms with Gasteiger partial charge < -0.3 is 5.11 Å². The lowest BCUT2D eigenvalue weighted by Gasteiger charge is -2.12. The molecule has 0 aliphatic rings. The first kappa shape index (κ1) is 12.7. The lowest BCUT2D eigenvalue weighted by Crippen LogP contribution is -1.96. The molecular weight excluding hydrogens is 220 g/mol. The van der Waals surface area contributed by atoms with Crippen LogP contribution in [0.1, 0.15) is 33.4 Å². The van der Waals surface area contributed by atoms with E-state index in [9.17, 15) is 5.11 Å². The summed E-state index contributed by atoms with van der Waals surface area (Å²) in [4.78, 5) is 0. The first-order chi connectivity index (χ1) is 8.49. The third-order valence-electron chi connectivity index (χ3n) is 3.80. The van der Waals surface area contributed by atoms with Gasteiger partial charge >= 0.3 is 0 Å². The van der Waals surface area contributed by atoms with E-state index in [1.54, 1.807) is 6.07 Å². The molecule has 0 unspecified atom stereocenters. The summed E-state index contributed by atoms with van der Waals surface area (Å²) in [6.07, 6.45) is 0.792. The standard InChI is InChI=1S/C17H20O/c1-11-5-7-15(9-13(11)3)10-16-14(4)12(2)6-8-17(16)18/h5-9,18H,10H2,1-4H3. The summed E-state index contributed by atoms with van der Waals surface area (Å²) < 4.78 is 0. The van der Waals surface area contributed by atoms with E-state index in [4.69, 9.17) is 0 Å². The fourth-order valence-electron chi connectivity index (χ4n) is 2.20. The predicted octanol–water partition coefficient (Wildman–Crippen LogP) is 4.22. The molecule has 0 fully saturated rings. The van der Waals surface area contributed by atoms with Gasteiger partial charge in [-0.25, -0.2) is 0 Å². The van der Waals surface area contributed by atoms with Crippen molar-refractivity contribution in [3.8, 4) is 5.75 Å². The normalized spacial score (nSPS) is 10.7. The summed E-state index contributed by atoms with van der Waals surface area (Å²) in [5.41, 5.74) is 7.32. The summed E-state index contributed by atoms with van der Waals surface area (Å²) in [6.45, 7) is 8.40. The van der Waals surface area contributed by atoms with Gasteiger partial charge in [0.05, 0.1) is 0 Å². The lowest BCUT2D eigenvalue weighted by atomic mass is 9.95. The minimum atomic E-state index is 0.399. The summed E-state index contributed by atoms with van der Waals surface area (Å²) in [7, 11) is 0. The van der Waals surface area contributed by atoms with Gasteiger partial charge in [0.2, 0.25) is 0 Å². The van der Waals surface area contributed by atoms with Crippen molar-refractivity contribution in [2.45, 2.75) is 34.1 Å². The average molecular weight is 240 g/mol. The Balaban J connectivity index is 2.39. The zero-order valence-electron chi connectivity index (χ0n) is 11.5. The molecule has 0 atom stereocenters. The number of hydrogen-bond donors (Lipinski definition) is 1. The van der Waals surface area contributed by atoms with Gasteiger partial charge in [-0.1, -0.05) is 24.3 Å². The quantitative estimate of drug-likeness (QED) is 0.833. The van der Waals surface area contributed by atoms with Gasteiger partial charge in [-0.15, -0.1) is 0 Å². The minimum Gasteiger partial charge on any atom is -0.508 e. The van der Waals surface area contributed by atoms with Crippen LogP contribution in [-0.2, 0) is 6.42 Å². The molecule has 0 saturated heterocycles. The SMILES string of the molecule is Cc1ccc(Cc2c(O)ccc(C)c2C)cc1C. The molecule has 0 amide bonds. The Labute approximate surface area is 109 Å². The Hall–Kier alpha value is -1.76. The second-order valence-corrected chi connectivity index (χ2v) is 5.10. The first-order valence-corrected chi connectivity index (χ1v) is 6.33. The van der Waals surface area contributed by atoms with Crippen LogP contribution in [-0.4, -0.2) is 5.11 Å². The zero-order valence-corrected chi connectivity index (χ0v) is 11.5. The Morgan fingerprint density at radius 2 is 1.50 bits per heavy atom. The van der Waals surface area contributed by atoms with E-state index in [2.05, 4.69) is 45.9 Å². The molecule has 2 rings (SSSR count). The van der Waals surface area contributed by atoms with Gasteiger partial charge in [-0.2, -0.15) is 0 Å². The average Bonchev–Trinajstić information content (AvgIpc) is 2.34. The summed E-state index contributed by atoms with van der Waals surface area (Å²) in [5.74, 6) is 0.399. The molecule has 18 heavy (non-hydrogen) atoms. The van der Waals surface area contributed by atoms with Crippen LogP contribution in [0.3, 0.4) is 0 Å². The molecule has 2 aromatic rings. The van der Waals surface area contributed by atoms with Crippen molar-refractivity contribution < 1.29 is 5.11 Å². The minimum absolute atomic E-state index is 0.399. The Kier molecular flexibility index (Phi) is 3.42. The fraction of sp³-hybridized carbons (Fsp3) is 0.294. The number of phenols is 1. The molecule has 94 valence electrons. The van der Waals surface area contributed by atoms with Crippen molar-refractivity contribution in [2.24, 2.45) is 0 Å². The van der Waals surface area contributed by atoms with Crippen molar-refractivity contribution in [1.29, 1.82) is 0 Å². The molecule has 0 heterocycles. The Morgan fingerprint density at radius 3 is 2.17 bits per heavy atom. The molecule has 1 nitrogen and oxygen atoms in total. The zero-order chi connectivity index (χ0) is 13.3. The Morgan fingerprint density at radius 1 is 0.833 bits per heavy atom. The highest BCUT2D eigenvalue weighted by Crippen LogP contribution is 2.26. The molecule has 0 spiro atoms. The molecule has 1 heteroatoms. The smallest absolute Gasteiger partial charge is 0.119 e. The molecule has 0 aliphatic carbocycles. The second-order valence-electron chi connectivity index (χ2n) is 5.10. The van der Waals surface area contributed by atoms with E-state index < -0.39 is 0 Å². The van der Waals surface area contributed by atoms with Crippen LogP contribution < -0.4 is 0 Å². The van der Waals surface area contributed by atoms with Crippen LogP contribution in [0, 0.1) is 27.7 Å². The molecule has 0 aromatic heterocycles. The van der Waals surface area contributed by atoms with Gasteiger partial charge in [0.15, 0.2) is 0 Å². The number of hydrogen-bond acceptors (Lipinski definition) is 1. The number of aromatic hydroxyl groups is 1. The number of benzene rings is 2. The maximum atomic E-state index is 10.0. The summed E-state index contributed by atoms with van der Waals surface area (Å²) >= 11 is 0. The summed E-state index contributed by atoms with van der Waals surface area (Å²) in [6, 6.07) is 10.3. The van der Waals surface area contributed by atoms with Crippen LogP contribution in [0.2, 0.25) is 0 Å². The molecule has 0 radical (unpaired) electrons. The topological polar surface area (TPSA) is 20.2 Å². The van der Waals surface area contributed by atoms with Gasteiger partial charge in [-0.05, 0) is 61.6 Å². The maximum absolute atomic E-state index is 10.0. The summed E-state index contributed by atoms with van der Waals surface area (Å²) in [5, 5.41) is 10.0. The fourth-order valence-corrected chi connectivity index (χ4v) is 2.20. The van der Waals surface area contributed by atoms with Gasteiger partial charge in [0, 0.05) is 12.0 Å². The van der Waals surface area contributed by atoms with Crippen molar-refractivity contribution in [3.05, 3.63) is 63.7 Å². The Bertz CT molecular complexity index is 582. The second kappa shape index (κ2) is 4.85. The largest absolute Gasteiger partial charge is 0.508 e. The third-order valence-corrected chi connectivity index (χ3v) is 3.80. The van der Waals surface area contributed by atoms with E-state index in [1.165, 1.54) is 27.8 Å². The molecule has 0 saturated carbocycles. The van der Waals surface area contributed by atoms with Gasteiger partial charge in [0.1, 0.15) is 5.75 Å². The predicted molar refractivity (Wildman–Crippen MR) is 76.3 cm³/mol. The van der Waals surface area contributed by atoms with Crippen LogP contribution >= 0.6 is 0 Å².